The van der Waals surface area contributed by atoms with Crippen molar-refractivity contribution < 1.29 is 13.9 Å². The number of ether oxygens (including phenoxy) is 1. The molecule has 1 aliphatic heterocycles. The highest BCUT2D eigenvalue weighted by Crippen LogP contribution is 2.33. The van der Waals surface area contributed by atoms with Gasteiger partial charge in [-0.3, -0.25) is 0 Å². The summed E-state index contributed by atoms with van der Waals surface area (Å²) in [6, 6.07) is 3.57. The van der Waals surface area contributed by atoms with Crippen molar-refractivity contribution in [3.63, 3.8) is 0 Å². The molecule has 1 saturated heterocycles. The lowest BCUT2D eigenvalue weighted by Gasteiger charge is -2.36. The monoisotopic (exact) mass is 312 g/mol. The lowest BCUT2D eigenvalue weighted by Crippen LogP contribution is -2.48. The molecule has 21 heavy (non-hydrogen) atoms. The number of nitrogens with one attached hydrogen (secondary N) is 1. The maximum atomic E-state index is 12.3. The Morgan fingerprint density at radius 1 is 1.52 bits per heavy atom. The zero-order chi connectivity index (χ0) is 15.3. The minimum absolute atomic E-state index is 0.0705. The number of rotatable bonds is 5. The van der Waals surface area contributed by atoms with E-state index in [-0.39, 0.29) is 16.8 Å². The van der Waals surface area contributed by atoms with Crippen LogP contribution in [0.1, 0.15) is 31.6 Å². The summed E-state index contributed by atoms with van der Waals surface area (Å²) in [4.78, 5) is 14.0. The van der Waals surface area contributed by atoms with Crippen LogP contribution in [0, 0.1) is 0 Å². The van der Waals surface area contributed by atoms with Crippen LogP contribution in [0.2, 0.25) is 0 Å². The summed E-state index contributed by atoms with van der Waals surface area (Å²) in [7, 11) is 1.79. The third kappa shape index (κ3) is 3.95. The number of hydrogen-bond acceptors (Lipinski definition) is 4. The summed E-state index contributed by atoms with van der Waals surface area (Å²) < 4.78 is 10.9. The quantitative estimate of drug-likeness (QED) is 0.908. The highest BCUT2D eigenvalue weighted by molar-refractivity contribution is 8.00. The van der Waals surface area contributed by atoms with Crippen LogP contribution in [0.15, 0.2) is 22.8 Å². The fraction of sp³-hybridized carbons (Fsp3) is 0.667. The van der Waals surface area contributed by atoms with Crippen molar-refractivity contribution in [1.82, 2.24) is 10.2 Å². The van der Waals surface area contributed by atoms with Crippen LogP contribution in [-0.2, 0) is 4.74 Å². The van der Waals surface area contributed by atoms with E-state index in [4.69, 9.17) is 9.15 Å². The van der Waals surface area contributed by atoms with Crippen molar-refractivity contribution in [2.24, 2.45) is 0 Å². The van der Waals surface area contributed by atoms with E-state index in [9.17, 15) is 4.79 Å². The Hall–Kier alpha value is -1.14. The van der Waals surface area contributed by atoms with Crippen molar-refractivity contribution in [2.45, 2.75) is 30.6 Å². The minimum Gasteiger partial charge on any atom is -0.467 e. The Kier molecular flexibility index (Phi) is 5.58. The van der Waals surface area contributed by atoms with E-state index in [1.807, 2.05) is 30.8 Å². The molecule has 0 aliphatic carbocycles. The molecule has 1 fully saturated rings. The van der Waals surface area contributed by atoms with Crippen molar-refractivity contribution >= 4 is 17.8 Å². The molecule has 1 unspecified atom stereocenters. The highest BCUT2D eigenvalue weighted by Gasteiger charge is 2.32. The van der Waals surface area contributed by atoms with Gasteiger partial charge in [-0.25, -0.2) is 4.79 Å². The highest BCUT2D eigenvalue weighted by atomic mass is 32.2. The molecule has 2 heterocycles. The molecule has 6 heteroatoms. The molecule has 1 aliphatic rings. The molecule has 5 nitrogen and oxygen atoms in total. The molecule has 1 atom stereocenters. The van der Waals surface area contributed by atoms with Crippen molar-refractivity contribution in [3.05, 3.63) is 24.2 Å². The first kappa shape index (κ1) is 16.2. The number of amides is 2. The van der Waals surface area contributed by atoms with E-state index in [2.05, 4.69) is 11.6 Å². The maximum absolute atomic E-state index is 12.3. The van der Waals surface area contributed by atoms with Crippen molar-refractivity contribution in [3.8, 4) is 0 Å². The molecule has 1 aromatic heterocycles. The number of urea groups is 1. The third-order valence-corrected chi connectivity index (χ3v) is 5.67. The Bertz CT molecular complexity index is 444. The maximum Gasteiger partial charge on any atom is 0.317 e. The predicted molar refractivity (Wildman–Crippen MR) is 84.6 cm³/mol. The van der Waals surface area contributed by atoms with E-state index >= 15 is 0 Å². The molecule has 1 N–H and O–H groups in total. The summed E-state index contributed by atoms with van der Waals surface area (Å²) in [6.45, 7) is 4.17. The number of carbonyl (C=O) groups excluding carboxylic acids is 1. The topological polar surface area (TPSA) is 54.7 Å². The number of nitrogens with zero attached hydrogens (tertiary/aromatic N) is 1. The van der Waals surface area contributed by atoms with Gasteiger partial charge >= 0.3 is 6.03 Å². The molecule has 2 amide bonds. The van der Waals surface area contributed by atoms with Gasteiger partial charge in [0.25, 0.3) is 0 Å². The van der Waals surface area contributed by atoms with E-state index in [0.29, 0.717) is 6.54 Å². The zero-order valence-corrected chi connectivity index (χ0v) is 13.7. The Labute approximate surface area is 130 Å². The standard InChI is InChI=1S/C15H24N2O3S/c1-12(13-5-4-8-20-13)17(2)14(18)16-11-15(21-3)6-9-19-10-7-15/h4-5,8,12H,6-7,9-11H2,1-3H3,(H,16,18). The third-order valence-electron chi connectivity index (χ3n) is 4.26. The minimum atomic E-state index is -0.0834. The largest absolute Gasteiger partial charge is 0.467 e. The summed E-state index contributed by atoms with van der Waals surface area (Å²) >= 11 is 1.82. The predicted octanol–water partition coefficient (Wildman–Crippen LogP) is 2.89. The van der Waals surface area contributed by atoms with Gasteiger partial charge in [-0.05, 0) is 38.2 Å². The summed E-state index contributed by atoms with van der Waals surface area (Å²) in [5, 5.41) is 3.06. The molecule has 0 radical (unpaired) electrons. The van der Waals surface area contributed by atoms with Gasteiger partial charge < -0.3 is 19.4 Å². The van der Waals surface area contributed by atoms with Crippen LogP contribution >= 0.6 is 11.8 Å². The smallest absolute Gasteiger partial charge is 0.317 e. The van der Waals surface area contributed by atoms with Gasteiger partial charge in [-0.2, -0.15) is 11.8 Å². The van der Waals surface area contributed by atoms with Gasteiger partial charge in [0.05, 0.1) is 12.3 Å². The summed E-state index contributed by atoms with van der Waals surface area (Å²) in [5.41, 5.74) is 0. The van der Waals surface area contributed by atoms with Crippen LogP contribution in [0.5, 0.6) is 0 Å². The SMILES string of the molecule is CSC1(CNC(=O)N(C)C(C)c2ccco2)CCOCC1. The lowest BCUT2D eigenvalue weighted by atomic mass is 9.99. The molecule has 0 bridgehead atoms. The average molecular weight is 312 g/mol. The molecule has 2 rings (SSSR count). The molecule has 118 valence electrons. The molecule has 0 spiro atoms. The normalized spacial score (nSPS) is 19.0. The first-order valence-corrected chi connectivity index (χ1v) is 8.47. The van der Waals surface area contributed by atoms with Gasteiger partial charge in [0.1, 0.15) is 5.76 Å². The fourth-order valence-electron chi connectivity index (χ4n) is 2.45. The number of thioether (sulfide) groups is 1. The van der Waals surface area contributed by atoms with Gasteiger partial charge in [0, 0.05) is 31.6 Å². The van der Waals surface area contributed by atoms with Crippen LogP contribution in [-0.4, -0.2) is 48.7 Å². The summed E-state index contributed by atoms with van der Waals surface area (Å²) in [6.07, 6.45) is 5.69. The number of hydrogen-bond donors (Lipinski definition) is 1. The van der Waals surface area contributed by atoms with E-state index in [1.165, 1.54) is 0 Å². The summed E-state index contributed by atoms with van der Waals surface area (Å²) in [5.74, 6) is 0.790. The second-order valence-electron chi connectivity index (χ2n) is 5.46. The van der Waals surface area contributed by atoms with Crippen LogP contribution in [0.4, 0.5) is 4.79 Å². The van der Waals surface area contributed by atoms with Crippen molar-refractivity contribution in [2.75, 3.05) is 33.1 Å². The first-order valence-electron chi connectivity index (χ1n) is 7.25. The number of furan rings is 1. The van der Waals surface area contributed by atoms with Crippen molar-refractivity contribution in [1.29, 1.82) is 0 Å². The fourth-order valence-corrected chi connectivity index (χ4v) is 3.25. The Morgan fingerprint density at radius 3 is 2.81 bits per heavy atom. The van der Waals surface area contributed by atoms with Gasteiger partial charge in [-0.15, -0.1) is 0 Å². The second kappa shape index (κ2) is 7.22. The van der Waals surface area contributed by atoms with E-state index in [1.54, 1.807) is 18.2 Å². The number of carbonyl (C=O) groups is 1. The van der Waals surface area contributed by atoms with Gasteiger partial charge in [-0.1, -0.05) is 0 Å². The Balaban J connectivity index is 1.88. The molecular formula is C15H24N2O3S. The van der Waals surface area contributed by atoms with Crippen LogP contribution in [0.25, 0.3) is 0 Å². The van der Waals surface area contributed by atoms with Gasteiger partial charge in [0.15, 0.2) is 0 Å². The van der Waals surface area contributed by atoms with Gasteiger partial charge in [0.2, 0.25) is 0 Å². The molecule has 0 aromatic carbocycles. The van der Waals surface area contributed by atoms with Crippen LogP contribution < -0.4 is 5.32 Å². The van der Waals surface area contributed by atoms with Crippen LogP contribution in [0.3, 0.4) is 0 Å². The van der Waals surface area contributed by atoms with E-state index in [0.717, 1.165) is 31.8 Å². The van der Waals surface area contributed by atoms with E-state index < -0.39 is 0 Å². The second-order valence-corrected chi connectivity index (χ2v) is 6.73. The average Bonchev–Trinajstić information content (AvgIpc) is 3.06. The molecule has 1 aromatic rings. The first-order chi connectivity index (χ1) is 10.1. The lowest BCUT2D eigenvalue weighted by molar-refractivity contribution is 0.0771. The molecular weight excluding hydrogens is 288 g/mol. The Morgan fingerprint density at radius 2 is 2.24 bits per heavy atom. The molecule has 0 saturated carbocycles. The zero-order valence-electron chi connectivity index (χ0n) is 12.9.